The van der Waals surface area contributed by atoms with Crippen LogP contribution in [-0.2, 0) is 14.4 Å². The number of carbonyl (C=O) groups is 3. The van der Waals surface area contributed by atoms with Crippen LogP contribution in [0, 0.1) is 11.8 Å². The Morgan fingerprint density at radius 1 is 0.867 bits per heavy atom. The predicted octanol–water partition coefficient (Wildman–Crippen LogP) is -2.37. The summed E-state index contributed by atoms with van der Waals surface area (Å²) < 4.78 is 0. The Morgan fingerprint density at radius 3 is 1.93 bits per heavy atom. The van der Waals surface area contributed by atoms with Gasteiger partial charge in [0.1, 0.15) is 18.6 Å². The van der Waals surface area contributed by atoms with Crippen molar-refractivity contribution >= 4 is 23.7 Å². The van der Waals surface area contributed by atoms with Crippen LogP contribution >= 0.6 is 0 Å². The number of guanidine groups is 1. The summed E-state index contributed by atoms with van der Waals surface area (Å²) in [4.78, 5) is 40.4. The lowest BCUT2D eigenvalue weighted by Gasteiger charge is -2.22. The van der Waals surface area contributed by atoms with E-state index in [0.717, 1.165) is 12.8 Å². The van der Waals surface area contributed by atoms with E-state index in [0.29, 0.717) is 38.8 Å². The molecule has 11 N–H and O–H groups in total. The number of aliphatic imine (C=N–C) groups is 1. The normalized spacial score (nSPS) is 12.0. The summed E-state index contributed by atoms with van der Waals surface area (Å²) in [5, 5.41) is 8.02. The van der Waals surface area contributed by atoms with Gasteiger partial charge in [-0.15, -0.1) is 0 Å². The second-order valence-corrected chi connectivity index (χ2v) is 6.70. The number of hydrogen-bond donors (Lipinski definition) is 7. The van der Waals surface area contributed by atoms with Gasteiger partial charge in [-0.3, -0.25) is 14.4 Å². The molecule has 0 fully saturated rings. The van der Waals surface area contributed by atoms with E-state index in [9.17, 15) is 14.4 Å². The summed E-state index contributed by atoms with van der Waals surface area (Å²) in [7, 11) is 0. The third-order valence-corrected chi connectivity index (χ3v) is 4.04. The number of nitrogens with one attached hydrogen (secondary N) is 3. The van der Waals surface area contributed by atoms with Gasteiger partial charge in [-0.2, -0.15) is 0 Å². The first kappa shape index (κ1) is 27.2. The van der Waals surface area contributed by atoms with E-state index in [1.165, 1.54) is 6.92 Å². The molecule has 0 aromatic rings. The topological polar surface area (TPSA) is 204 Å². The van der Waals surface area contributed by atoms with Crippen molar-refractivity contribution in [3.63, 3.8) is 0 Å². The molecule has 0 aliphatic heterocycles. The molecule has 0 unspecified atom stereocenters. The maximum absolute atomic E-state index is 12.7. The third kappa shape index (κ3) is 14.2. The van der Waals surface area contributed by atoms with Crippen LogP contribution in [0.5, 0.6) is 0 Å². The molecule has 2 atom stereocenters. The van der Waals surface area contributed by atoms with Crippen molar-refractivity contribution in [2.24, 2.45) is 27.9 Å². The fourth-order valence-corrected chi connectivity index (χ4v) is 2.54. The second kappa shape index (κ2) is 17.1. The van der Waals surface area contributed by atoms with Crippen molar-refractivity contribution < 1.29 is 14.4 Å². The van der Waals surface area contributed by atoms with Gasteiger partial charge in [0, 0.05) is 6.92 Å². The minimum Gasteiger partial charge on any atom is -0.370 e. The quantitative estimate of drug-likeness (QED) is 0.0697. The van der Waals surface area contributed by atoms with Crippen molar-refractivity contribution in [3.8, 4) is 11.8 Å². The maximum atomic E-state index is 12.7. The number of unbranched alkanes of at least 4 members (excludes halogenated alkanes) is 2. The van der Waals surface area contributed by atoms with E-state index < -0.39 is 18.0 Å². The molecule has 0 heterocycles. The first-order valence-corrected chi connectivity index (χ1v) is 10.1. The zero-order valence-corrected chi connectivity index (χ0v) is 17.7. The zero-order chi connectivity index (χ0) is 22.8. The number of carbonyl (C=O) groups excluding carboxylic acids is 3. The molecule has 0 radical (unpaired) electrons. The number of hydrogen-bond acceptors (Lipinski definition) is 6. The predicted molar refractivity (Wildman–Crippen MR) is 117 cm³/mol. The van der Waals surface area contributed by atoms with E-state index in [2.05, 4.69) is 32.8 Å². The van der Waals surface area contributed by atoms with E-state index in [4.69, 9.17) is 22.9 Å². The maximum Gasteiger partial charge on any atom is 0.243 e. The summed E-state index contributed by atoms with van der Waals surface area (Å²) in [6.07, 6.45) is 3.68. The van der Waals surface area contributed by atoms with E-state index >= 15 is 0 Å². The molecular weight excluding hydrogens is 388 g/mol. The standard InChI is InChI=1S/C19H36N8O3/c1-14(28)26-16(9-3-5-11-21)18(30)27-15(8-2-4-10-20)17(29)24-12-6-7-13-25-19(22)23/h15-16H,2-5,8-13,20-21H2,1H3,(H,24,29)(H,26,28)(H,27,30)(H4,22,23,25)/t15-,16-/m0/s1. The largest absolute Gasteiger partial charge is 0.370 e. The molecule has 0 saturated carbocycles. The van der Waals surface area contributed by atoms with Crippen LogP contribution < -0.4 is 38.9 Å². The van der Waals surface area contributed by atoms with Gasteiger partial charge in [-0.05, 0) is 51.6 Å². The second-order valence-electron chi connectivity index (χ2n) is 6.70. The number of nitrogens with two attached hydrogens (primary N) is 4. The van der Waals surface area contributed by atoms with Gasteiger partial charge in [-0.1, -0.05) is 11.8 Å². The highest BCUT2D eigenvalue weighted by Gasteiger charge is 2.25. The van der Waals surface area contributed by atoms with E-state index in [1.54, 1.807) is 0 Å². The molecule has 0 rings (SSSR count). The van der Waals surface area contributed by atoms with Crippen molar-refractivity contribution in [1.29, 1.82) is 0 Å². The molecule has 11 nitrogen and oxygen atoms in total. The smallest absolute Gasteiger partial charge is 0.243 e. The van der Waals surface area contributed by atoms with Crippen molar-refractivity contribution in [2.75, 3.05) is 26.2 Å². The first-order chi connectivity index (χ1) is 14.3. The van der Waals surface area contributed by atoms with Crippen LogP contribution in [0.1, 0.15) is 45.4 Å². The summed E-state index contributed by atoms with van der Waals surface area (Å²) >= 11 is 0. The monoisotopic (exact) mass is 424 g/mol. The van der Waals surface area contributed by atoms with Crippen molar-refractivity contribution in [2.45, 2.75) is 57.5 Å². The summed E-state index contributed by atoms with van der Waals surface area (Å²) in [6.45, 7) is 2.56. The molecule has 0 aliphatic carbocycles. The summed E-state index contributed by atoms with van der Waals surface area (Å²) in [5.74, 6) is 4.28. The molecule has 3 amide bonds. The van der Waals surface area contributed by atoms with Gasteiger partial charge >= 0.3 is 0 Å². The third-order valence-electron chi connectivity index (χ3n) is 4.04. The molecule has 11 heteroatoms. The molecule has 170 valence electrons. The van der Waals surface area contributed by atoms with Gasteiger partial charge in [0.2, 0.25) is 17.7 Å². The fraction of sp³-hybridized carbons (Fsp3) is 0.684. The van der Waals surface area contributed by atoms with Gasteiger partial charge in [0.05, 0.1) is 6.54 Å². The Bertz CT molecular complexity index is 623. The zero-order valence-electron chi connectivity index (χ0n) is 17.7. The Morgan fingerprint density at radius 2 is 1.43 bits per heavy atom. The Hall–Kier alpha value is -2.84. The fourth-order valence-electron chi connectivity index (χ4n) is 2.54. The van der Waals surface area contributed by atoms with Gasteiger partial charge in [0.15, 0.2) is 5.96 Å². The molecule has 0 aromatic carbocycles. The summed E-state index contributed by atoms with van der Waals surface area (Å²) in [5.41, 5.74) is 21.4. The van der Waals surface area contributed by atoms with Crippen LogP contribution in [-0.4, -0.2) is 61.9 Å². The molecule has 0 spiro atoms. The van der Waals surface area contributed by atoms with Crippen LogP contribution in [0.25, 0.3) is 0 Å². The minimum atomic E-state index is -0.755. The average Bonchev–Trinajstić information content (AvgIpc) is 2.68. The summed E-state index contributed by atoms with van der Waals surface area (Å²) in [6, 6.07) is -1.48. The van der Waals surface area contributed by atoms with Gasteiger partial charge < -0.3 is 38.9 Å². The first-order valence-electron chi connectivity index (χ1n) is 10.1. The highest BCUT2D eigenvalue weighted by molar-refractivity contribution is 5.91. The Kier molecular flexibility index (Phi) is 15.4. The number of rotatable bonds is 14. The molecule has 0 bridgehead atoms. The van der Waals surface area contributed by atoms with Crippen LogP contribution in [0.3, 0.4) is 0 Å². The highest BCUT2D eigenvalue weighted by Crippen LogP contribution is 2.05. The molecule has 0 saturated heterocycles. The highest BCUT2D eigenvalue weighted by atomic mass is 16.2. The number of nitrogens with zero attached hydrogens (tertiary/aromatic N) is 1. The van der Waals surface area contributed by atoms with Gasteiger partial charge in [0.25, 0.3) is 0 Å². The van der Waals surface area contributed by atoms with E-state index in [1.807, 2.05) is 0 Å². The molecular formula is C19H36N8O3. The van der Waals surface area contributed by atoms with Crippen molar-refractivity contribution in [3.05, 3.63) is 0 Å². The minimum absolute atomic E-state index is 0.0591. The lowest BCUT2D eigenvalue weighted by atomic mass is 10.1. The average molecular weight is 425 g/mol. The van der Waals surface area contributed by atoms with Crippen LogP contribution in [0.15, 0.2) is 4.99 Å². The molecule has 0 aliphatic rings. The van der Waals surface area contributed by atoms with E-state index in [-0.39, 0.29) is 30.9 Å². The SMILES string of the molecule is CC(=O)N[C@@H](CCCCN)C(=O)N[C@@H](CCCCN)C(=O)NCC#CCN=C(N)N. The molecule has 30 heavy (non-hydrogen) atoms. The lowest BCUT2D eigenvalue weighted by molar-refractivity contribution is -0.131. The van der Waals surface area contributed by atoms with Gasteiger partial charge in [-0.25, -0.2) is 4.99 Å². The van der Waals surface area contributed by atoms with Crippen molar-refractivity contribution in [1.82, 2.24) is 16.0 Å². The lowest BCUT2D eigenvalue weighted by Crippen LogP contribution is -2.53. The molecule has 0 aromatic heterocycles. The number of amides is 3. The Labute approximate surface area is 178 Å². The van der Waals surface area contributed by atoms with Crippen LogP contribution in [0.2, 0.25) is 0 Å². The Balaban J connectivity index is 4.92. The van der Waals surface area contributed by atoms with Crippen LogP contribution in [0.4, 0.5) is 0 Å².